The Morgan fingerprint density at radius 1 is 0.625 bits per heavy atom. The maximum absolute atomic E-state index is 5.37. The average Bonchev–Trinajstić information content (AvgIpc) is 3.02. The Kier molecular flexibility index (Phi) is 8.97. The molecule has 134 valence electrons. The molecule has 2 aliphatic rings. The minimum atomic E-state index is 0.689. The first-order valence-electron chi connectivity index (χ1n) is 8.92. The fraction of sp³-hybridized carbons (Fsp3) is 0.750. The van der Waals surface area contributed by atoms with E-state index in [1.807, 2.05) is 0 Å². The summed E-state index contributed by atoms with van der Waals surface area (Å²) in [5.74, 6) is 0. The fourth-order valence-corrected chi connectivity index (χ4v) is 3.41. The highest BCUT2D eigenvalue weighted by molar-refractivity contribution is 7.80. The second kappa shape index (κ2) is 11.3. The zero-order valence-electron chi connectivity index (χ0n) is 14.2. The highest BCUT2D eigenvalue weighted by atomic mass is 32.1. The lowest BCUT2D eigenvalue weighted by Crippen LogP contribution is -2.38. The molecule has 24 heavy (non-hydrogen) atoms. The van der Waals surface area contributed by atoms with Crippen molar-refractivity contribution in [1.29, 1.82) is 0 Å². The standard InChI is InChI=1S/C16H28N6S2/c23-15(21-11-5-1-2-6-12-21)19-17-9-10-18-20-16(24)22-13-7-3-4-8-14-22/h9-10H,1-8,11-14H2,(H,19,23)(H,20,24)/b17-9+,18-10+. The summed E-state index contributed by atoms with van der Waals surface area (Å²) in [4.78, 5) is 4.37. The first-order chi connectivity index (χ1) is 11.8. The van der Waals surface area contributed by atoms with E-state index in [0.717, 1.165) is 26.2 Å². The smallest absolute Gasteiger partial charge is 0.189 e. The second-order valence-electron chi connectivity index (χ2n) is 6.19. The maximum atomic E-state index is 5.37. The predicted molar refractivity (Wildman–Crippen MR) is 109 cm³/mol. The van der Waals surface area contributed by atoms with Crippen molar-refractivity contribution in [2.24, 2.45) is 10.2 Å². The number of rotatable bonds is 3. The molecular formula is C16H28N6S2. The molecule has 0 atom stereocenters. The molecule has 2 N–H and O–H groups in total. The Morgan fingerprint density at radius 3 is 1.29 bits per heavy atom. The van der Waals surface area contributed by atoms with Crippen LogP contribution < -0.4 is 10.9 Å². The van der Waals surface area contributed by atoms with Gasteiger partial charge in [-0.1, -0.05) is 25.7 Å². The van der Waals surface area contributed by atoms with Crippen molar-refractivity contribution >= 4 is 47.1 Å². The Bertz CT molecular complexity index is 407. The molecule has 0 aliphatic carbocycles. The van der Waals surface area contributed by atoms with Gasteiger partial charge in [0.2, 0.25) is 0 Å². The summed E-state index contributed by atoms with van der Waals surface area (Å²) in [5, 5.41) is 9.57. The molecule has 0 aromatic rings. The van der Waals surface area contributed by atoms with Crippen LogP contribution in [0.15, 0.2) is 10.2 Å². The van der Waals surface area contributed by atoms with Crippen LogP contribution in [0.5, 0.6) is 0 Å². The molecule has 0 amide bonds. The largest absolute Gasteiger partial charge is 0.348 e. The molecule has 0 radical (unpaired) electrons. The molecule has 6 nitrogen and oxygen atoms in total. The van der Waals surface area contributed by atoms with Crippen molar-refractivity contribution in [3.63, 3.8) is 0 Å². The quantitative estimate of drug-likeness (QED) is 0.453. The molecule has 0 unspecified atom stereocenters. The van der Waals surface area contributed by atoms with Crippen LogP contribution >= 0.6 is 24.4 Å². The van der Waals surface area contributed by atoms with Gasteiger partial charge in [-0.3, -0.25) is 10.9 Å². The number of hydrogen-bond acceptors (Lipinski definition) is 4. The van der Waals surface area contributed by atoms with E-state index >= 15 is 0 Å². The number of nitrogens with zero attached hydrogens (tertiary/aromatic N) is 4. The summed E-state index contributed by atoms with van der Waals surface area (Å²) >= 11 is 10.7. The first-order valence-corrected chi connectivity index (χ1v) is 9.73. The summed E-state index contributed by atoms with van der Waals surface area (Å²) in [5.41, 5.74) is 5.81. The van der Waals surface area contributed by atoms with Crippen molar-refractivity contribution in [2.45, 2.75) is 51.4 Å². The van der Waals surface area contributed by atoms with Gasteiger partial charge < -0.3 is 9.80 Å². The molecule has 0 saturated carbocycles. The Hall–Kier alpha value is -1.28. The lowest BCUT2D eigenvalue weighted by atomic mass is 10.2. The van der Waals surface area contributed by atoms with E-state index in [2.05, 4.69) is 30.9 Å². The van der Waals surface area contributed by atoms with Gasteiger partial charge in [0.25, 0.3) is 0 Å². The van der Waals surface area contributed by atoms with Crippen LogP contribution in [0.25, 0.3) is 0 Å². The first kappa shape index (κ1) is 19.1. The van der Waals surface area contributed by atoms with Gasteiger partial charge in [-0.25, -0.2) is 0 Å². The number of hydrogen-bond donors (Lipinski definition) is 2. The van der Waals surface area contributed by atoms with Crippen LogP contribution in [0.1, 0.15) is 51.4 Å². The SMILES string of the molecule is S=C(N/N=C/C=N/NC(=S)N1CCCCCC1)N1CCCCCC1. The van der Waals surface area contributed by atoms with Gasteiger partial charge in [-0.2, -0.15) is 10.2 Å². The number of likely N-dealkylation sites (tertiary alicyclic amines) is 2. The molecule has 2 heterocycles. The van der Waals surface area contributed by atoms with Gasteiger partial charge in [0, 0.05) is 26.2 Å². The molecule has 0 aromatic carbocycles. The molecular weight excluding hydrogens is 340 g/mol. The van der Waals surface area contributed by atoms with Crippen molar-refractivity contribution in [3.8, 4) is 0 Å². The Morgan fingerprint density at radius 2 is 0.958 bits per heavy atom. The number of nitrogens with one attached hydrogen (secondary N) is 2. The van der Waals surface area contributed by atoms with E-state index < -0.39 is 0 Å². The minimum absolute atomic E-state index is 0.689. The van der Waals surface area contributed by atoms with Gasteiger partial charge >= 0.3 is 0 Å². The molecule has 0 spiro atoms. The predicted octanol–water partition coefficient (Wildman–Crippen LogP) is 2.46. The molecule has 2 fully saturated rings. The molecule has 8 heteroatoms. The average molecular weight is 369 g/mol. The lowest BCUT2D eigenvalue weighted by molar-refractivity contribution is 0.428. The second-order valence-corrected chi connectivity index (χ2v) is 6.97. The highest BCUT2D eigenvalue weighted by Crippen LogP contribution is 2.10. The topological polar surface area (TPSA) is 55.3 Å². The molecule has 2 saturated heterocycles. The van der Waals surface area contributed by atoms with Crippen LogP contribution in [0.3, 0.4) is 0 Å². The molecule has 0 bridgehead atoms. The van der Waals surface area contributed by atoms with E-state index in [4.69, 9.17) is 24.4 Å². The van der Waals surface area contributed by atoms with Crippen molar-refractivity contribution in [2.75, 3.05) is 26.2 Å². The van der Waals surface area contributed by atoms with E-state index in [0.29, 0.717) is 10.2 Å². The van der Waals surface area contributed by atoms with Gasteiger partial charge in [-0.05, 0) is 50.1 Å². The third kappa shape index (κ3) is 7.09. The Balaban J connectivity index is 1.64. The van der Waals surface area contributed by atoms with Gasteiger partial charge in [0.15, 0.2) is 10.2 Å². The molecule has 0 aromatic heterocycles. The summed E-state index contributed by atoms with van der Waals surface area (Å²) < 4.78 is 0. The Labute approximate surface area is 155 Å². The normalized spacial score (nSPS) is 20.0. The number of hydrazone groups is 2. The number of thiocarbonyl (C=S) groups is 2. The fourth-order valence-electron chi connectivity index (χ4n) is 2.94. The van der Waals surface area contributed by atoms with Crippen LogP contribution in [0.2, 0.25) is 0 Å². The van der Waals surface area contributed by atoms with Gasteiger partial charge in [-0.15, -0.1) is 0 Å². The summed E-state index contributed by atoms with van der Waals surface area (Å²) in [6.07, 6.45) is 13.1. The van der Waals surface area contributed by atoms with Gasteiger partial charge in [0.05, 0.1) is 12.4 Å². The summed E-state index contributed by atoms with van der Waals surface area (Å²) in [7, 11) is 0. The third-order valence-electron chi connectivity index (χ3n) is 4.32. The third-order valence-corrected chi connectivity index (χ3v) is 5.02. The van der Waals surface area contributed by atoms with E-state index in [1.54, 1.807) is 12.4 Å². The van der Waals surface area contributed by atoms with E-state index in [-0.39, 0.29) is 0 Å². The van der Waals surface area contributed by atoms with Crippen molar-refractivity contribution in [1.82, 2.24) is 20.7 Å². The minimum Gasteiger partial charge on any atom is -0.348 e. The van der Waals surface area contributed by atoms with E-state index in [9.17, 15) is 0 Å². The monoisotopic (exact) mass is 368 g/mol. The van der Waals surface area contributed by atoms with Crippen molar-refractivity contribution in [3.05, 3.63) is 0 Å². The lowest BCUT2D eigenvalue weighted by Gasteiger charge is -2.22. The van der Waals surface area contributed by atoms with Crippen LogP contribution in [0.4, 0.5) is 0 Å². The maximum Gasteiger partial charge on any atom is 0.189 e. The van der Waals surface area contributed by atoms with Gasteiger partial charge in [0.1, 0.15) is 0 Å². The van der Waals surface area contributed by atoms with Crippen LogP contribution in [0, 0.1) is 0 Å². The zero-order valence-corrected chi connectivity index (χ0v) is 15.9. The van der Waals surface area contributed by atoms with Crippen LogP contribution in [-0.2, 0) is 0 Å². The van der Waals surface area contributed by atoms with Crippen LogP contribution in [-0.4, -0.2) is 58.6 Å². The zero-order chi connectivity index (χ0) is 17.0. The molecule has 2 aliphatic heterocycles. The highest BCUT2D eigenvalue weighted by Gasteiger charge is 2.12. The summed E-state index contributed by atoms with van der Waals surface area (Å²) in [6, 6.07) is 0. The summed E-state index contributed by atoms with van der Waals surface area (Å²) in [6.45, 7) is 4.06. The van der Waals surface area contributed by atoms with Crippen molar-refractivity contribution < 1.29 is 0 Å². The molecule has 2 rings (SSSR count). The van der Waals surface area contributed by atoms with E-state index in [1.165, 1.54) is 51.4 Å².